The van der Waals surface area contributed by atoms with E-state index in [4.69, 9.17) is 0 Å². The minimum Gasteiger partial charge on any atom is -0.366 e. The van der Waals surface area contributed by atoms with Gasteiger partial charge in [0, 0.05) is 35.6 Å². The number of nitrogens with zero attached hydrogens (tertiary/aromatic N) is 4. The number of fused-ring (bicyclic) bond motifs is 2. The van der Waals surface area contributed by atoms with Crippen molar-refractivity contribution in [3.8, 4) is 11.3 Å². The van der Waals surface area contributed by atoms with Gasteiger partial charge in [0.05, 0.1) is 11.2 Å². The molecule has 0 aliphatic heterocycles. The van der Waals surface area contributed by atoms with Crippen molar-refractivity contribution in [2.45, 2.75) is 25.3 Å². The highest BCUT2D eigenvalue weighted by molar-refractivity contribution is 5.90. The largest absolute Gasteiger partial charge is 0.366 e. The lowest BCUT2D eigenvalue weighted by Gasteiger charge is -2.27. The highest BCUT2D eigenvalue weighted by Gasteiger charge is 2.20. The first-order valence-electron chi connectivity index (χ1n) is 8.32. The molecule has 5 rings (SSSR count). The van der Waals surface area contributed by atoms with Gasteiger partial charge in [-0.05, 0) is 31.4 Å². The molecule has 0 radical (unpaired) electrons. The molecule has 0 saturated heterocycles. The second-order valence-electron chi connectivity index (χ2n) is 6.31. The van der Waals surface area contributed by atoms with Crippen LogP contribution in [0, 0.1) is 0 Å². The Morgan fingerprint density at radius 1 is 1.04 bits per heavy atom. The number of benzene rings is 1. The fourth-order valence-corrected chi connectivity index (χ4v) is 3.23. The van der Waals surface area contributed by atoms with Crippen molar-refractivity contribution in [1.29, 1.82) is 0 Å². The first-order chi connectivity index (χ1) is 11.9. The summed E-state index contributed by atoms with van der Waals surface area (Å²) in [6.45, 7) is 0. The maximum absolute atomic E-state index is 4.64. The third-order valence-electron chi connectivity index (χ3n) is 4.77. The van der Waals surface area contributed by atoms with Gasteiger partial charge in [-0.15, -0.1) is 0 Å². The zero-order valence-electron chi connectivity index (χ0n) is 13.2. The van der Waals surface area contributed by atoms with Crippen LogP contribution in [0.15, 0.2) is 55.2 Å². The lowest BCUT2D eigenvalue weighted by molar-refractivity contribution is 0.444. The van der Waals surface area contributed by atoms with Crippen LogP contribution < -0.4 is 5.32 Å². The maximum Gasteiger partial charge on any atom is 0.152 e. The summed E-state index contributed by atoms with van der Waals surface area (Å²) in [4.78, 5) is 13.7. The van der Waals surface area contributed by atoms with E-state index in [0.717, 1.165) is 33.5 Å². The molecule has 24 heavy (non-hydrogen) atoms. The standard InChI is InChI=1S/C19H17N5/c1-4-15(5-1)23-19-18-17(22-12-24(18)10-9-21-19)14-7-6-13-3-2-8-20-16(13)11-14/h2-3,6-12,15H,1,4-5H2,(H,21,23). The summed E-state index contributed by atoms with van der Waals surface area (Å²) in [5.41, 5.74) is 4.01. The first kappa shape index (κ1) is 13.5. The Hall–Kier alpha value is -2.95. The highest BCUT2D eigenvalue weighted by Crippen LogP contribution is 2.31. The van der Waals surface area contributed by atoms with Crippen LogP contribution in [0.5, 0.6) is 0 Å². The summed E-state index contributed by atoms with van der Waals surface area (Å²) < 4.78 is 2.03. The topological polar surface area (TPSA) is 55.1 Å². The molecule has 0 bridgehead atoms. The van der Waals surface area contributed by atoms with Gasteiger partial charge >= 0.3 is 0 Å². The lowest BCUT2D eigenvalue weighted by atomic mass is 9.93. The van der Waals surface area contributed by atoms with Crippen LogP contribution >= 0.6 is 0 Å². The molecular formula is C19H17N5. The van der Waals surface area contributed by atoms with E-state index in [1.807, 2.05) is 35.4 Å². The van der Waals surface area contributed by atoms with Gasteiger partial charge in [0.2, 0.25) is 0 Å². The number of nitrogens with one attached hydrogen (secondary N) is 1. The van der Waals surface area contributed by atoms with E-state index in [2.05, 4.69) is 44.5 Å². The average Bonchev–Trinajstić information content (AvgIpc) is 3.02. The second-order valence-corrected chi connectivity index (χ2v) is 6.31. The zero-order chi connectivity index (χ0) is 15.9. The molecule has 118 valence electrons. The first-order valence-corrected chi connectivity index (χ1v) is 8.32. The van der Waals surface area contributed by atoms with Crippen LogP contribution in [0.2, 0.25) is 0 Å². The molecular weight excluding hydrogens is 298 g/mol. The lowest BCUT2D eigenvalue weighted by Crippen LogP contribution is -2.27. The number of hydrogen-bond acceptors (Lipinski definition) is 4. The summed E-state index contributed by atoms with van der Waals surface area (Å²) in [6, 6.07) is 10.9. The van der Waals surface area contributed by atoms with Crippen LogP contribution in [-0.4, -0.2) is 25.4 Å². The van der Waals surface area contributed by atoms with Crippen LogP contribution in [0.25, 0.3) is 27.7 Å². The van der Waals surface area contributed by atoms with Crippen LogP contribution in [-0.2, 0) is 0 Å². The molecule has 1 aliphatic rings. The summed E-state index contributed by atoms with van der Waals surface area (Å²) >= 11 is 0. The van der Waals surface area contributed by atoms with Gasteiger partial charge in [0.15, 0.2) is 5.82 Å². The molecule has 3 aromatic heterocycles. The van der Waals surface area contributed by atoms with E-state index >= 15 is 0 Å². The Kier molecular flexibility index (Phi) is 2.98. The molecule has 0 unspecified atom stereocenters. The van der Waals surface area contributed by atoms with E-state index in [-0.39, 0.29) is 0 Å². The quantitative estimate of drug-likeness (QED) is 0.623. The molecule has 1 saturated carbocycles. The molecule has 0 atom stereocenters. The van der Waals surface area contributed by atoms with Crippen molar-refractivity contribution in [3.63, 3.8) is 0 Å². The van der Waals surface area contributed by atoms with Gasteiger partial charge in [-0.2, -0.15) is 0 Å². The van der Waals surface area contributed by atoms with Crippen molar-refractivity contribution in [3.05, 3.63) is 55.2 Å². The number of anilines is 1. The van der Waals surface area contributed by atoms with Crippen LogP contribution in [0.1, 0.15) is 19.3 Å². The molecule has 1 fully saturated rings. The Morgan fingerprint density at radius 2 is 2.00 bits per heavy atom. The van der Waals surface area contributed by atoms with Gasteiger partial charge in [0.25, 0.3) is 0 Å². The molecule has 0 amide bonds. The van der Waals surface area contributed by atoms with Gasteiger partial charge < -0.3 is 9.72 Å². The van der Waals surface area contributed by atoms with Crippen molar-refractivity contribution in [2.75, 3.05) is 5.32 Å². The minimum atomic E-state index is 0.532. The Bertz CT molecular complexity index is 1030. The van der Waals surface area contributed by atoms with E-state index < -0.39 is 0 Å². The second kappa shape index (κ2) is 5.30. The predicted molar refractivity (Wildman–Crippen MR) is 95.0 cm³/mol. The smallest absolute Gasteiger partial charge is 0.152 e. The summed E-state index contributed by atoms with van der Waals surface area (Å²) in [7, 11) is 0. The molecule has 4 aromatic rings. The van der Waals surface area contributed by atoms with Gasteiger partial charge in [-0.3, -0.25) is 4.98 Å². The number of rotatable bonds is 3. The van der Waals surface area contributed by atoms with Gasteiger partial charge in [0.1, 0.15) is 11.8 Å². The summed E-state index contributed by atoms with van der Waals surface area (Å²) in [6.07, 6.45) is 11.2. The Balaban J connectivity index is 1.67. The van der Waals surface area contributed by atoms with E-state index in [0.29, 0.717) is 6.04 Å². The molecule has 5 heteroatoms. The third kappa shape index (κ3) is 2.12. The molecule has 3 heterocycles. The summed E-state index contributed by atoms with van der Waals surface area (Å²) in [5, 5.41) is 4.70. The highest BCUT2D eigenvalue weighted by atomic mass is 15.1. The number of pyridine rings is 1. The Labute approximate surface area is 139 Å². The SMILES string of the molecule is c1cnc2cc(-c3ncn4ccnc(NC5CCC5)c34)ccc2c1. The molecule has 1 N–H and O–H groups in total. The fourth-order valence-electron chi connectivity index (χ4n) is 3.23. The van der Waals surface area contributed by atoms with Crippen molar-refractivity contribution in [1.82, 2.24) is 19.4 Å². The number of hydrogen-bond donors (Lipinski definition) is 1. The van der Waals surface area contributed by atoms with E-state index in [1.165, 1.54) is 19.3 Å². The fraction of sp³-hybridized carbons (Fsp3) is 0.211. The van der Waals surface area contributed by atoms with Crippen LogP contribution in [0.4, 0.5) is 5.82 Å². The minimum absolute atomic E-state index is 0.532. The van der Waals surface area contributed by atoms with E-state index in [9.17, 15) is 0 Å². The number of imidazole rings is 1. The molecule has 5 nitrogen and oxygen atoms in total. The Morgan fingerprint density at radius 3 is 2.88 bits per heavy atom. The van der Waals surface area contributed by atoms with Crippen molar-refractivity contribution >= 4 is 22.2 Å². The predicted octanol–water partition coefficient (Wildman–Crippen LogP) is 3.91. The van der Waals surface area contributed by atoms with Gasteiger partial charge in [-0.25, -0.2) is 9.97 Å². The summed E-state index contributed by atoms with van der Waals surface area (Å²) in [5.74, 6) is 0.913. The van der Waals surface area contributed by atoms with E-state index in [1.54, 1.807) is 0 Å². The van der Waals surface area contributed by atoms with Crippen molar-refractivity contribution in [2.24, 2.45) is 0 Å². The molecule has 1 aromatic carbocycles. The van der Waals surface area contributed by atoms with Gasteiger partial charge in [-0.1, -0.05) is 18.2 Å². The average molecular weight is 315 g/mol. The normalized spacial score (nSPS) is 14.8. The third-order valence-corrected chi connectivity index (χ3v) is 4.77. The zero-order valence-corrected chi connectivity index (χ0v) is 13.2. The van der Waals surface area contributed by atoms with Crippen molar-refractivity contribution < 1.29 is 0 Å². The maximum atomic E-state index is 4.64. The molecule has 0 spiro atoms. The monoisotopic (exact) mass is 315 g/mol. The molecule has 1 aliphatic carbocycles. The van der Waals surface area contributed by atoms with Crippen LogP contribution in [0.3, 0.4) is 0 Å². The number of aromatic nitrogens is 4.